The van der Waals surface area contributed by atoms with Crippen LogP contribution in [0.5, 0.6) is 0 Å². The highest BCUT2D eigenvalue weighted by Crippen LogP contribution is 2.32. The minimum Gasteiger partial charge on any atom is -0.477 e. The van der Waals surface area contributed by atoms with Crippen molar-refractivity contribution in [2.24, 2.45) is 0 Å². The maximum Gasteiger partial charge on any atom is 0.416 e. The molecule has 0 bridgehead atoms. The Hall–Kier alpha value is -3.50. The van der Waals surface area contributed by atoms with Gasteiger partial charge < -0.3 is 5.11 Å². The van der Waals surface area contributed by atoms with E-state index in [9.17, 15) is 41.0 Å². The number of benzene rings is 2. The van der Waals surface area contributed by atoms with E-state index in [0.29, 0.717) is 12.1 Å². The molecule has 0 unspecified atom stereocenters. The molecule has 1 aromatic heterocycles. The molecule has 30 heavy (non-hydrogen) atoms. The molecule has 0 aliphatic rings. The van der Waals surface area contributed by atoms with E-state index in [-0.39, 0.29) is 11.3 Å². The van der Waals surface area contributed by atoms with Gasteiger partial charge in [0, 0.05) is 6.20 Å². The molecule has 0 saturated carbocycles. The van der Waals surface area contributed by atoms with Gasteiger partial charge in [0.2, 0.25) is 0 Å². The van der Waals surface area contributed by atoms with Crippen LogP contribution in [0.2, 0.25) is 0 Å². The Kier molecular flexibility index (Phi) is 5.23. The maximum absolute atomic E-state index is 13.3. The summed E-state index contributed by atoms with van der Waals surface area (Å²) in [5.41, 5.74) is -4.20. The molecule has 0 fully saturated rings. The Morgan fingerprint density at radius 1 is 0.900 bits per heavy atom. The van der Waals surface area contributed by atoms with E-state index in [1.165, 1.54) is 12.1 Å². The molecule has 1 N–H and O–H groups in total. The zero-order valence-electron chi connectivity index (χ0n) is 14.8. The van der Waals surface area contributed by atoms with Gasteiger partial charge in [0.25, 0.3) is 5.56 Å². The molecule has 11 heteroatoms. The predicted molar refractivity (Wildman–Crippen MR) is 92.5 cm³/mol. The van der Waals surface area contributed by atoms with Crippen LogP contribution >= 0.6 is 0 Å². The monoisotopic (exact) mass is 430 g/mol. The highest BCUT2D eigenvalue weighted by Gasteiger charge is 2.33. The first kappa shape index (κ1) is 21.2. The fourth-order valence-corrected chi connectivity index (χ4v) is 2.92. The number of hydrogen-bond donors (Lipinski definition) is 1. The molecule has 2 aromatic carbocycles. The van der Waals surface area contributed by atoms with Crippen molar-refractivity contribution in [2.45, 2.75) is 18.9 Å². The Balaban J connectivity index is 2.15. The number of rotatable bonds is 4. The molecule has 0 atom stereocenters. The van der Waals surface area contributed by atoms with Gasteiger partial charge in [-0.2, -0.15) is 26.3 Å². The summed E-state index contributed by atoms with van der Waals surface area (Å²) >= 11 is 0. The van der Waals surface area contributed by atoms with Crippen molar-refractivity contribution < 1.29 is 36.2 Å². The quantitative estimate of drug-likeness (QED) is 0.624. The van der Waals surface area contributed by atoms with Gasteiger partial charge in [0.05, 0.1) is 23.4 Å². The van der Waals surface area contributed by atoms with E-state index in [0.717, 1.165) is 39.8 Å². The lowest BCUT2D eigenvalue weighted by atomic mass is 10.1. The Labute approximate surface area is 164 Å². The summed E-state index contributed by atoms with van der Waals surface area (Å²) in [5, 5.41) is 9.20. The topological polar surface area (TPSA) is 64.2 Å². The average molecular weight is 430 g/mol. The van der Waals surface area contributed by atoms with Crippen LogP contribution < -0.4 is 5.56 Å². The Morgan fingerprint density at radius 3 is 2.03 bits per heavy atom. The van der Waals surface area contributed by atoms with Gasteiger partial charge >= 0.3 is 18.3 Å². The molecule has 0 saturated heterocycles. The maximum atomic E-state index is 13.3. The van der Waals surface area contributed by atoms with Crippen LogP contribution in [-0.4, -0.2) is 20.4 Å². The molecule has 0 spiro atoms. The second kappa shape index (κ2) is 7.39. The fourth-order valence-electron chi connectivity index (χ4n) is 2.92. The number of carbonyl (C=O) groups is 1. The first-order chi connectivity index (χ1) is 13.9. The third kappa shape index (κ3) is 4.09. The van der Waals surface area contributed by atoms with E-state index in [1.54, 1.807) is 0 Å². The van der Waals surface area contributed by atoms with Gasteiger partial charge in [-0.1, -0.05) is 18.2 Å². The zero-order valence-corrected chi connectivity index (χ0v) is 14.8. The molecular weight excluding hydrogens is 418 g/mol. The molecule has 3 rings (SSSR count). The molecule has 0 amide bonds. The molecule has 5 nitrogen and oxygen atoms in total. The minimum absolute atomic E-state index is 0.134. The van der Waals surface area contributed by atoms with E-state index >= 15 is 0 Å². The van der Waals surface area contributed by atoms with Crippen LogP contribution in [0.25, 0.3) is 5.69 Å². The lowest BCUT2D eigenvalue weighted by Crippen LogP contribution is -2.24. The Bertz CT molecular complexity index is 1140. The van der Waals surface area contributed by atoms with Gasteiger partial charge in [0.15, 0.2) is 0 Å². The van der Waals surface area contributed by atoms with Crippen molar-refractivity contribution >= 4 is 5.97 Å². The van der Waals surface area contributed by atoms with E-state index < -0.39 is 47.1 Å². The molecule has 0 aliphatic carbocycles. The highest BCUT2D eigenvalue weighted by molar-refractivity contribution is 5.87. The van der Waals surface area contributed by atoms with Crippen LogP contribution in [0.1, 0.15) is 27.0 Å². The molecule has 0 aliphatic heterocycles. The minimum atomic E-state index is -4.70. The van der Waals surface area contributed by atoms with Gasteiger partial charge in [-0.15, -0.1) is 0 Å². The summed E-state index contributed by atoms with van der Waals surface area (Å²) < 4.78 is 79.8. The summed E-state index contributed by atoms with van der Waals surface area (Å²) in [6.07, 6.45) is -8.49. The summed E-state index contributed by atoms with van der Waals surface area (Å²) in [4.78, 5) is 23.8. The number of carboxylic acids is 1. The number of aromatic carboxylic acids is 1. The first-order valence-electron chi connectivity index (χ1n) is 8.28. The number of carboxylic acid groups (broad SMARTS) is 1. The first-order valence-corrected chi connectivity index (χ1v) is 8.28. The predicted octanol–water partition coefficient (Wildman–Crippen LogP) is 4.42. The van der Waals surface area contributed by atoms with Crippen LogP contribution in [0.3, 0.4) is 0 Å². The van der Waals surface area contributed by atoms with Crippen LogP contribution in [0.15, 0.2) is 59.5 Å². The molecular formula is C19H12F6N2O3. The van der Waals surface area contributed by atoms with Crippen LogP contribution in [0, 0.1) is 0 Å². The largest absolute Gasteiger partial charge is 0.477 e. The van der Waals surface area contributed by atoms with Crippen molar-refractivity contribution in [2.75, 3.05) is 0 Å². The normalized spacial score (nSPS) is 12.2. The lowest BCUT2D eigenvalue weighted by Gasteiger charge is -2.16. The van der Waals surface area contributed by atoms with Crippen LogP contribution in [0.4, 0.5) is 26.3 Å². The standard InChI is InChI=1S/C19H12F6N2O3/c20-18(21,22)12-5-7-13(8-6-12)27-16(28)14(17(29)30)10-26(27)9-11-3-1-2-4-15(11)19(23,24)25/h1-8,10H,9H2,(H,29,30). The zero-order chi connectivity index (χ0) is 22.3. The van der Waals surface area contributed by atoms with Gasteiger partial charge in [-0.25, -0.2) is 9.48 Å². The fraction of sp³-hybridized carbons (Fsp3) is 0.158. The smallest absolute Gasteiger partial charge is 0.416 e. The van der Waals surface area contributed by atoms with Crippen molar-refractivity contribution in [3.63, 3.8) is 0 Å². The van der Waals surface area contributed by atoms with Gasteiger partial charge in [-0.3, -0.25) is 9.48 Å². The number of nitrogens with zero attached hydrogens (tertiary/aromatic N) is 2. The highest BCUT2D eigenvalue weighted by atomic mass is 19.4. The summed E-state index contributed by atoms with van der Waals surface area (Å²) in [5.74, 6) is -1.62. The molecule has 3 aromatic rings. The van der Waals surface area contributed by atoms with E-state index in [4.69, 9.17) is 0 Å². The molecule has 0 radical (unpaired) electrons. The second-order valence-corrected chi connectivity index (χ2v) is 6.26. The number of alkyl halides is 6. The van der Waals surface area contributed by atoms with Crippen molar-refractivity contribution in [3.05, 3.63) is 87.3 Å². The third-order valence-corrected chi connectivity index (χ3v) is 4.28. The second-order valence-electron chi connectivity index (χ2n) is 6.26. The van der Waals surface area contributed by atoms with Gasteiger partial charge in [0.1, 0.15) is 5.56 Å². The van der Waals surface area contributed by atoms with Crippen molar-refractivity contribution in [3.8, 4) is 5.69 Å². The van der Waals surface area contributed by atoms with Crippen LogP contribution in [-0.2, 0) is 18.9 Å². The number of aromatic nitrogens is 2. The van der Waals surface area contributed by atoms with Crippen molar-refractivity contribution in [1.29, 1.82) is 0 Å². The SMILES string of the molecule is O=C(O)c1cn(Cc2ccccc2C(F)(F)F)n(-c2ccc(C(F)(F)F)cc2)c1=O. The molecule has 158 valence electrons. The van der Waals surface area contributed by atoms with Crippen molar-refractivity contribution in [1.82, 2.24) is 9.36 Å². The summed E-state index contributed by atoms with van der Waals surface area (Å²) in [7, 11) is 0. The average Bonchev–Trinajstić information content (AvgIpc) is 2.97. The van der Waals surface area contributed by atoms with E-state index in [1.807, 2.05) is 0 Å². The summed E-state index contributed by atoms with van der Waals surface area (Å²) in [6.45, 7) is -0.542. The molecule has 1 heterocycles. The van der Waals surface area contributed by atoms with E-state index in [2.05, 4.69) is 0 Å². The number of halogens is 6. The number of hydrogen-bond acceptors (Lipinski definition) is 2. The third-order valence-electron chi connectivity index (χ3n) is 4.28. The lowest BCUT2D eigenvalue weighted by molar-refractivity contribution is -0.138. The Morgan fingerprint density at radius 2 is 1.50 bits per heavy atom. The van der Waals surface area contributed by atoms with Gasteiger partial charge in [-0.05, 0) is 35.9 Å². The summed E-state index contributed by atoms with van der Waals surface area (Å²) in [6, 6.07) is 7.74.